The van der Waals surface area contributed by atoms with Crippen LogP contribution in [0.2, 0.25) is 0 Å². The van der Waals surface area contributed by atoms with Crippen molar-refractivity contribution in [3.05, 3.63) is 0 Å². The lowest BCUT2D eigenvalue weighted by Gasteiger charge is -2.41. The highest BCUT2D eigenvalue weighted by Crippen LogP contribution is 2.33. The fourth-order valence-corrected chi connectivity index (χ4v) is 4.06. The standard InChI is InChI=1S/C16H31NO3S/c1-14(2,3)13(18)17-16(10-8-7-9-11-16)12-21(19,20)15(4,5)6/h7-12H2,1-6H3,(H,17,18). The van der Waals surface area contributed by atoms with E-state index in [9.17, 15) is 13.2 Å². The van der Waals surface area contributed by atoms with Crippen LogP contribution in [0, 0.1) is 5.41 Å². The predicted octanol–water partition coefficient (Wildman–Crippen LogP) is 3.06. The van der Waals surface area contributed by atoms with Crippen molar-refractivity contribution in [2.75, 3.05) is 5.75 Å². The van der Waals surface area contributed by atoms with Crippen molar-refractivity contribution in [1.29, 1.82) is 0 Å². The predicted molar refractivity (Wildman–Crippen MR) is 87.0 cm³/mol. The summed E-state index contributed by atoms with van der Waals surface area (Å²) < 4.78 is 24.4. The lowest BCUT2D eigenvalue weighted by atomic mass is 9.82. The van der Waals surface area contributed by atoms with E-state index < -0.39 is 25.5 Å². The summed E-state index contributed by atoms with van der Waals surface area (Å²) in [6.07, 6.45) is 4.57. The van der Waals surface area contributed by atoms with Gasteiger partial charge < -0.3 is 5.32 Å². The molecule has 1 fully saturated rings. The molecule has 1 rings (SSSR count). The summed E-state index contributed by atoms with van der Waals surface area (Å²) in [5, 5.41) is 3.08. The first-order chi connectivity index (χ1) is 9.29. The molecule has 0 radical (unpaired) electrons. The first kappa shape index (κ1) is 18.5. The molecule has 4 nitrogen and oxygen atoms in total. The lowest BCUT2D eigenvalue weighted by molar-refractivity contribution is -0.130. The van der Waals surface area contributed by atoms with Gasteiger partial charge in [-0.1, -0.05) is 40.0 Å². The van der Waals surface area contributed by atoms with Crippen LogP contribution in [-0.4, -0.2) is 30.4 Å². The summed E-state index contributed by atoms with van der Waals surface area (Å²) >= 11 is 0. The van der Waals surface area contributed by atoms with E-state index in [0.29, 0.717) is 0 Å². The number of rotatable bonds is 3. The molecular formula is C16H31NO3S. The molecule has 0 spiro atoms. The smallest absolute Gasteiger partial charge is 0.225 e. The molecule has 1 amide bonds. The van der Waals surface area contributed by atoms with Crippen LogP contribution in [0.4, 0.5) is 0 Å². The van der Waals surface area contributed by atoms with E-state index >= 15 is 0 Å². The van der Waals surface area contributed by atoms with Gasteiger partial charge in [0, 0.05) is 5.41 Å². The monoisotopic (exact) mass is 317 g/mol. The number of carbonyl (C=O) groups excluding carboxylic acids is 1. The molecule has 1 aliphatic carbocycles. The van der Waals surface area contributed by atoms with Crippen molar-refractivity contribution in [2.24, 2.45) is 5.41 Å². The van der Waals surface area contributed by atoms with Crippen molar-refractivity contribution >= 4 is 15.7 Å². The Kier molecular flexibility index (Phi) is 5.19. The average Bonchev–Trinajstić information content (AvgIpc) is 2.26. The SMILES string of the molecule is CC(C)(C)C(=O)NC1(CS(=O)(=O)C(C)(C)C)CCCCC1. The Morgan fingerprint density at radius 2 is 1.48 bits per heavy atom. The Labute approximate surface area is 130 Å². The molecule has 0 aromatic rings. The van der Waals surface area contributed by atoms with E-state index in [1.807, 2.05) is 20.8 Å². The summed E-state index contributed by atoms with van der Waals surface area (Å²) in [6.45, 7) is 10.8. The highest BCUT2D eigenvalue weighted by molar-refractivity contribution is 7.92. The van der Waals surface area contributed by atoms with Crippen LogP contribution in [-0.2, 0) is 14.6 Å². The third-order valence-corrected chi connectivity index (χ3v) is 7.07. The second-order valence-corrected chi connectivity index (χ2v) is 11.2. The molecular weight excluding hydrogens is 286 g/mol. The van der Waals surface area contributed by atoms with E-state index in [1.165, 1.54) is 0 Å². The molecule has 0 bridgehead atoms. The van der Waals surface area contributed by atoms with Gasteiger partial charge in [-0.25, -0.2) is 8.42 Å². The van der Waals surface area contributed by atoms with E-state index in [0.717, 1.165) is 32.1 Å². The van der Waals surface area contributed by atoms with Gasteiger partial charge in [0.15, 0.2) is 9.84 Å². The number of hydrogen-bond donors (Lipinski definition) is 1. The Morgan fingerprint density at radius 1 is 1.00 bits per heavy atom. The summed E-state index contributed by atoms with van der Waals surface area (Å²) in [6, 6.07) is 0. The Balaban J connectivity index is 3.03. The largest absolute Gasteiger partial charge is 0.349 e. The second-order valence-electron chi connectivity index (χ2n) is 8.42. The van der Waals surface area contributed by atoms with Gasteiger partial charge in [-0.15, -0.1) is 0 Å². The van der Waals surface area contributed by atoms with Crippen LogP contribution in [0.3, 0.4) is 0 Å². The van der Waals surface area contributed by atoms with Gasteiger partial charge in [-0.3, -0.25) is 4.79 Å². The maximum Gasteiger partial charge on any atom is 0.225 e. The van der Waals surface area contributed by atoms with Crippen LogP contribution < -0.4 is 5.32 Å². The van der Waals surface area contributed by atoms with Gasteiger partial charge in [0.25, 0.3) is 0 Å². The average molecular weight is 317 g/mol. The van der Waals surface area contributed by atoms with Crippen molar-refractivity contribution < 1.29 is 13.2 Å². The zero-order valence-corrected chi connectivity index (χ0v) is 15.2. The Morgan fingerprint density at radius 3 is 1.86 bits per heavy atom. The molecule has 0 aliphatic heterocycles. The molecule has 21 heavy (non-hydrogen) atoms. The first-order valence-corrected chi connectivity index (χ1v) is 9.49. The van der Waals surface area contributed by atoms with Gasteiger partial charge in [-0.05, 0) is 33.6 Å². The van der Waals surface area contributed by atoms with Crippen molar-refractivity contribution in [3.8, 4) is 0 Å². The normalized spacial score (nSPS) is 20.1. The summed E-state index contributed by atoms with van der Waals surface area (Å²) in [4.78, 5) is 12.4. The van der Waals surface area contributed by atoms with Crippen LogP contribution in [0.1, 0.15) is 73.6 Å². The third kappa shape index (κ3) is 4.70. The third-order valence-electron chi connectivity index (χ3n) is 4.27. The molecule has 0 atom stereocenters. The van der Waals surface area contributed by atoms with Gasteiger partial charge in [0.2, 0.25) is 5.91 Å². The molecule has 0 unspecified atom stereocenters. The Hall–Kier alpha value is -0.580. The lowest BCUT2D eigenvalue weighted by Crippen LogP contribution is -2.58. The van der Waals surface area contributed by atoms with E-state index in [4.69, 9.17) is 0 Å². The minimum Gasteiger partial charge on any atom is -0.349 e. The number of hydrogen-bond acceptors (Lipinski definition) is 3. The van der Waals surface area contributed by atoms with E-state index in [1.54, 1.807) is 20.8 Å². The highest BCUT2D eigenvalue weighted by atomic mass is 32.2. The van der Waals surface area contributed by atoms with Crippen LogP contribution in [0.15, 0.2) is 0 Å². The van der Waals surface area contributed by atoms with Gasteiger partial charge >= 0.3 is 0 Å². The maximum absolute atomic E-state index is 12.6. The maximum atomic E-state index is 12.6. The number of carbonyl (C=O) groups is 1. The first-order valence-electron chi connectivity index (χ1n) is 7.84. The van der Waals surface area contributed by atoms with Crippen molar-refractivity contribution in [2.45, 2.75) is 83.9 Å². The summed E-state index contributed by atoms with van der Waals surface area (Å²) in [5.41, 5.74) is -1.09. The fourth-order valence-electron chi connectivity index (χ4n) is 2.54. The molecule has 1 aliphatic rings. The molecule has 0 aromatic heterocycles. The van der Waals surface area contributed by atoms with Crippen molar-refractivity contribution in [1.82, 2.24) is 5.32 Å². The quantitative estimate of drug-likeness (QED) is 0.870. The van der Waals surface area contributed by atoms with Crippen LogP contribution >= 0.6 is 0 Å². The van der Waals surface area contributed by atoms with Gasteiger partial charge in [0.05, 0.1) is 16.0 Å². The zero-order chi connectivity index (χ0) is 16.5. The second kappa shape index (κ2) is 5.90. The zero-order valence-electron chi connectivity index (χ0n) is 14.4. The number of amides is 1. The summed E-state index contributed by atoms with van der Waals surface area (Å²) in [7, 11) is -3.26. The topological polar surface area (TPSA) is 63.2 Å². The van der Waals surface area contributed by atoms with Gasteiger partial charge in [0.1, 0.15) is 0 Å². The number of sulfone groups is 1. The summed E-state index contributed by atoms with van der Waals surface area (Å²) in [5.74, 6) is -0.0146. The van der Waals surface area contributed by atoms with Crippen LogP contribution in [0.25, 0.3) is 0 Å². The fraction of sp³-hybridized carbons (Fsp3) is 0.938. The molecule has 1 N–H and O–H groups in total. The molecule has 1 saturated carbocycles. The molecule has 5 heteroatoms. The molecule has 0 heterocycles. The molecule has 0 saturated heterocycles. The van der Waals surface area contributed by atoms with E-state index in [2.05, 4.69) is 5.32 Å². The van der Waals surface area contributed by atoms with E-state index in [-0.39, 0.29) is 11.7 Å². The molecule has 0 aromatic carbocycles. The van der Waals surface area contributed by atoms with Crippen LogP contribution in [0.5, 0.6) is 0 Å². The molecule has 124 valence electrons. The Bertz CT molecular complexity index is 475. The minimum atomic E-state index is -3.26. The highest BCUT2D eigenvalue weighted by Gasteiger charge is 2.43. The minimum absolute atomic E-state index is 0.0469. The van der Waals surface area contributed by atoms with Gasteiger partial charge in [-0.2, -0.15) is 0 Å². The number of nitrogens with one attached hydrogen (secondary N) is 1. The van der Waals surface area contributed by atoms with Crippen molar-refractivity contribution in [3.63, 3.8) is 0 Å².